The summed E-state index contributed by atoms with van der Waals surface area (Å²) in [6.07, 6.45) is 1.65. The van der Waals surface area contributed by atoms with Crippen molar-refractivity contribution in [3.05, 3.63) is 35.9 Å². The van der Waals surface area contributed by atoms with E-state index in [1.807, 2.05) is 35.2 Å². The second kappa shape index (κ2) is 7.88. The average Bonchev–Trinajstić information content (AvgIpc) is 2.39. The van der Waals surface area contributed by atoms with Crippen molar-refractivity contribution in [2.24, 2.45) is 11.7 Å². The van der Waals surface area contributed by atoms with E-state index in [4.69, 9.17) is 5.73 Å². The van der Waals surface area contributed by atoms with Crippen molar-refractivity contribution >= 4 is 5.91 Å². The van der Waals surface area contributed by atoms with Gasteiger partial charge in [0.1, 0.15) is 0 Å². The summed E-state index contributed by atoms with van der Waals surface area (Å²) in [5.41, 5.74) is 6.75. The lowest BCUT2D eigenvalue weighted by Crippen LogP contribution is -2.35. The summed E-state index contributed by atoms with van der Waals surface area (Å²) >= 11 is 0. The van der Waals surface area contributed by atoms with Gasteiger partial charge in [-0.05, 0) is 11.5 Å². The molecule has 100 valence electrons. The van der Waals surface area contributed by atoms with Gasteiger partial charge >= 0.3 is 0 Å². The van der Waals surface area contributed by atoms with Crippen molar-refractivity contribution in [2.75, 3.05) is 13.1 Å². The maximum Gasteiger partial charge on any atom is 0.223 e. The topological polar surface area (TPSA) is 46.3 Å². The van der Waals surface area contributed by atoms with Crippen LogP contribution in [0.25, 0.3) is 0 Å². The van der Waals surface area contributed by atoms with E-state index in [1.54, 1.807) is 0 Å². The van der Waals surface area contributed by atoms with Crippen molar-refractivity contribution in [1.29, 1.82) is 0 Å². The number of hydrogen-bond acceptors (Lipinski definition) is 2. The Labute approximate surface area is 110 Å². The van der Waals surface area contributed by atoms with Gasteiger partial charge in [0.25, 0.3) is 0 Å². The quantitative estimate of drug-likeness (QED) is 0.805. The molecule has 0 radical (unpaired) electrons. The normalized spacial score (nSPS) is 12.2. The molecule has 1 amide bonds. The van der Waals surface area contributed by atoms with Crippen LogP contribution >= 0.6 is 0 Å². The highest BCUT2D eigenvalue weighted by Crippen LogP contribution is 2.11. The first kappa shape index (κ1) is 14.7. The number of nitrogens with two attached hydrogens (primary N) is 1. The third kappa shape index (κ3) is 4.88. The highest BCUT2D eigenvalue weighted by Gasteiger charge is 2.15. The molecule has 0 fully saturated rings. The Morgan fingerprint density at radius 3 is 2.56 bits per heavy atom. The second-order valence-corrected chi connectivity index (χ2v) is 4.81. The molecule has 1 rings (SSSR count). The monoisotopic (exact) mass is 248 g/mol. The molecule has 1 unspecified atom stereocenters. The van der Waals surface area contributed by atoms with Crippen LogP contribution in [0.5, 0.6) is 0 Å². The van der Waals surface area contributed by atoms with Crippen molar-refractivity contribution < 1.29 is 4.79 Å². The fraction of sp³-hybridized carbons (Fsp3) is 0.533. The molecule has 0 bridgehead atoms. The standard InChI is InChI=1S/C15H24N2O/c1-3-13(2)11-15(18)17(10-9-16)12-14-7-5-4-6-8-14/h4-8,13H,3,9-12,16H2,1-2H3. The number of carbonyl (C=O) groups excluding carboxylic acids is 1. The molecule has 0 aliphatic heterocycles. The summed E-state index contributed by atoms with van der Waals surface area (Å²) in [6, 6.07) is 10.1. The third-order valence-corrected chi connectivity index (χ3v) is 3.19. The summed E-state index contributed by atoms with van der Waals surface area (Å²) in [7, 11) is 0. The Bertz CT molecular complexity index is 351. The first-order valence-corrected chi connectivity index (χ1v) is 6.69. The first-order chi connectivity index (χ1) is 8.67. The van der Waals surface area contributed by atoms with Crippen LogP contribution in [0, 0.1) is 5.92 Å². The van der Waals surface area contributed by atoms with E-state index < -0.39 is 0 Å². The Hall–Kier alpha value is -1.35. The Kier molecular flexibility index (Phi) is 6.44. The molecule has 0 aromatic heterocycles. The number of carbonyl (C=O) groups is 1. The second-order valence-electron chi connectivity index (χ2n) is 4.81. The minimum atomic E-state index is 0.207. The maximum atomic E-state index is 12.2. The van der Waals surface area contributed by atoms with Crippen molar-refractivity contribution in [3.8, 4) is 0 Å². The zero-order valence-corrected chi connectivity index (χ0v) is 11.4. The minimum Gasteiger partial charge on any atom is -0.337 e. The summed E-state index contributed by atoms with van der Waals surface area (Å²) in [6.45, 7) is 6.03. The van der Waals surface area contributed by atoms with Crippen molar-refractivity contribution in [2.45, 2.75) is 33.2 Å². The predicted molar refractivity (Wildman–Crippen MR) is 75.0 cm³/mol. The van der Waals surface area contributed by atoms with Crippen LogP contribution in [-0.2, 0) is 11.3 Å². The van der Waals surface area contributed by atoms with Crippen LogP contribution in [0.3, 0.4) is 0 Å². The van der Waals surface area contributed by atoms with Crippen molar-refractivity contribution in [1.82, 2.24) is 4.90 Å². The summed E-state index contributed by atoms with van der Waals surface area (Å²) in [5, 5.41) is 0. The van der Waals surface area contributed by atoms with Gasteiger partial charge in [0.15, 0.2) is 0 Å². The van der Waals surface area contributed by atoms with Crippen LogP contribution in [0.2, 0.25) is 0 Å². The molecule has 0 saturated carbocycles. The predicted octanol–water partition coefficient (Wildman–Crippen LogP) is 2.41. The van der Waals surface area contributed by atoms with E-state index in [2.05, 4.69) is 13.8 Å². The number of amides is 1. The lowest BCUT2D eigenvalue weighted by molar-refractivity contribution is -0.132. The summed E-state index contributed by atoms with van der Waals surface area (Å²) in [4.78, 5) is 14.0. The van der Waals surface area contributed by atoms with Crippen LogP contribution in [0.4, 0.5) is 0 Å². The molecular formula is C15H24N2O. The lowest BCUT2D eigenvalue weighted by atomic mass is 10.0. The molecule has 0 aliphatic rings. The SMILES string of the molecule is CCC(C)CC(=O)N(CCN)Cc1ccccc1. The zero-order chi connectivity index (χ0) is 13.4. The van der Waals surface area contributed by atoms with Crippen LogP contribution in [-0.4, -0.2) is 23.9 Å². The minimum absolute atomic E-state index is 0.207. The van der Waals surface area contributed by atoms with E-state index >= 15 is 0 Å². The van der Waals surface area contributed by atoms with Gasteiger partial charge in [0.05, 0.1) is 0 Å². The smallest absolute Gasteiger partial charge is 0.223 e. The lowest BCUT2D eigenvalue weighted by Gasteiger charge is -2.23. The number of hydrogen-bond donors (Lipinski definition) is 1. The van der Waals surface area contributed by atoms with Gasteiger partial charge in [0, 0.05) is 26.1 Å². The number of nitrogens with zero attached hydrogens (tertiary/aromatic N) is 1. The van der Waals surface area contributed by atoms with E-state index in [9.17, 15) is 4.79 Å². The molecule has 2 N–H and O–H groups in total. The Morgan fingerprint density at radius 2 is 2.00 bits per heavy atom. The van der Waals surface area contributed by atoms with Gasteiger partial charge in [-0.3, -0.25) is 4.79 Å². The van der Waals surface area contributed by atoms with Gasteiger partial charge < -0.3 is 10.6 Å². The van der Waals surface area contributed by atoms with Gasteiger partial charge in [-0.1, -0.05) is 50.6 Å². The largest absolute Gasteiger partial charge is 0.337 e. The highest BCUT2D eigenvalue weighted by atomic mass is 16.2. The van der Waals surface area contributed by atoms with Crippen LogP contribution in [0.1, 0.15) is 32.3 Å². The van der Waals surface area contributed by atoms with Gasteiger partial charge in [-0.2, -0.15) is 0 Å². The molecule has 0 spiro atoms. The first-order valence-electron chi connectivity index (χ1n) is 6.69. The molecule has 1 aromatic carbocycles. The Balaban J connectivity index is 2.61. The van der Waals surface area contributed by atoms with E-state index in [-0.39, 0.29) is 5.91 Å². The van der Waals surface area contributed by atoms with Gasteiger partial charge in [-0.25, -0.2) is 0 Å². The van der Waals surface area contributed by atoms with Crippen LogP contribution in [0.15, 0.2) is 30.3 Å². The van der Waals surface area contributed by atoms with E-state index in [1.165, 1.54) is 0 Å². The number of benzene rings is 1. The number of rotatable bonds is 7. The van der Waals surface area contributed by atoms with E-state index in [0.717, 1.165) is 12.0 Å². The van der Waals surface area contributed by atoms with Crippen LogP contribution < -0.4 is 5.73 Å². The van der Waals surface area contributed by atoms with Gasteiger partial charge in [-0.15, -0.1) is 0 Å². The maximum absolute atomic E-state index is 12.2. The molecule has 0 heterocycles. The molecule has 3 nitrogen and oxygen atoms in total. The fourth-order valence-corrected chi connectivity index (χ4v) is 1.82. The third-order valence-electron chi connectivity index (χ3n) is 3.19. The molecular weight excluding hydrogens is 224 g/mol. The highest BCUT2D eigenvalue weighted by molar-refractivity contribution is 5.76. The molecule has 0 saturated heterocycles. The Morgan fingerprint density at radius 1 is 1.33 bits per heavy atom. The molecule has 3 heteroatoms. The molecule has 0 aliphatic carbocycles. The molecule has 18 heavy (non-hydrogen) atoms. The average molecular weight is 248 g/mol. The molecule has 1 atom stereocenters. The summed E-state index contributed by atoms with van der Waals surface area (Å²) < 4.78 is 0. The summed E-state index contributed by atoms with van der Waals surface area (Å²) in [5.74, 6) is 0.646. The van der Waals surface area contributed by atoms with Gasteiger partial charge in [0.2, 0.25) is 5.91 Å². The zero-order valence-electron chi connectivity index (χ0n) is 11.4. The van der Waals surface area contributed by atoms with E-state index in [0.29, 0.717) is 32.0 Å². The van der Waals surface area contributed by atoms with Crippen molar-refractivity contribution in [3.63, 3.8) is 0 Å². The fourth-order valence-electron chi connectivity index (χ4n) is 1.82. The molecule has 1 aromatic rings.